The Bertz CT molecular complexity index is 425. The number of methoxy groups -OCH3 is 1. The maximum Gasteiger partial charge on any atom is 0.341 e. The first-order valence-electron chi connectivity index (χ1n) is 5.24. The fourth-order valence-electron chi connectivity index (χ4n) is 1.88. The smallest absolute Gasteiger partial charge is 0.341 e. The maximum absolute atomic E-state index is 11.3. The average molecular weight is 285 g/mol. The SMILES string of the molecule is COC(=O)c1cc(Br)c(C2CCC2)cc1O. The normalized spacial score (nSPS) is 15.6. The molecule has 0 aromatic heterocycles. The number of benzene rings is 1. The monoisotopic (exact) mass is 284 g/mol. The van der Waals surface area contributed by atoms with Gasteiger partial charge in [-0.05, 0) is 36.5 Å². The van der Waals surface area contributed by atoms with E-state index in [1.165, 1.54) is 13.5 Å². The molecular weight excluding hydrogens is 272 g/mol. The minimum absolute atomic E-state index is 0.00282. The van der Waals surface area contributed by atoms with E-state index in [-0.39, 0.29) is 11.3 Å². The Hall–Kier alpha value is -1.03. The van der Waals surface area contributed by atoms with E-state index < -0.39 is 5.97 Å². The van der Waals surface area contributed by atoms with E-state index in [0.29, 0.717) is 5.92 Å². The van der Waals surface area contributed by atoms with Gasteiger partial charge in [-0.15, -0.1) is 0 Å². The van der Waals surface area contributed by atoms with Gasteiger partial charge >= 0.3 is 5.97 Å². The van der Waals surface area contributed by atoms with Crippen molar-refractivity contribution in [2.75, 3.05) is 7.11 Å². The molecule has 0 spiro atoms. The van der Waals surface area contributed by atoms with Gasteiger partial charge in [-0.1, -0.05) is 22.4 Å². The lowest BCUT2D eigenvalue weighted by atomic mass is 9.80. The molecule has 1 saturated carbocycles. The lowest BCUT2D eigenvalue weighted by Crippen LogP contribution is -2.10. The van der Waals surface area contributed by atoms with Crippen LogP contribution in [-0.2, 0) is 4.74 Å². The fourth-order valence-corrected chi connectivity index (χ4v) is 2.55. The molecule has 16 heavy (non-hydrogen) atoms. The van der Waals surface area contributed by atoms with E-state index in [0.717, 1.165) is 22.9 Å². The number of esters is 1. The van der Waals surface area contributed by atoms with Gasteiger partial charge in [0.25, 0.3) is 0 Å². The lowest BCUT2D eigenvalue weighted by Gasteiger charge is -2.27. The van der Waals surface area contributed by atoms with Crippen molar-refractivity contribution >= 4 is 21.9 Å². The van der Waals surface area contributed by atoms with Gasteiger partial charge in [-0.3, -0.25) is 0 Å². The summed E-state index contributed by atoms with van der Waals surface area (Å²) in [5.74, 6) is -0.0118. The predicted octanol–water partition coefficient (Wildman–Crippen LogP) is 3.21. The molecule has 1 aromatic rings. The van der Waals surface area contributed by atoms with Crippen LogP contribution in [0.5, 0.6) is 5.75 Å². The van der Waals surface area contributed by atoms with Crippen LogP contribution in [0.15, 0.2) is 16.6 Å². The Balaban J connectivity index is 2.38. The van der Waals surface area contributed by atoms with Crippen molar-refractivity contribution in [2.45, 2.75) is 25.2 Å². The molecule has 4 heteroatoms. The number of phenolic OH excluding ortho intramolecular Hbond substituents is 1. The zero-order valence-electron chi connectivity index (χ0n) is 9.00. The van der Waals surface area contributed by atoms with E-state index in [4.69, 9.17) is 0 Å². The Morgan fingerprint density at radius 2 is 2.19 bits per heavy atom. The van der Waals surface area contributed by atoms with E-state index in [9.17, 15) is 9.90 Å². The van der Waals surface area contributed by atoms with E-state index in [1.54, 1.807) is 12.1 Å². The molecule has 1 N–H and O–H groups in total. The average Bonchev–Trinajstić information content (AvgIpc) is 2.19. The number of rotatable bonds is 2. The summed E-state index contributed by atoms with van der Waals surface area (Å²) in [6.07, 6.45) is 3.53. The van der Waals surface area contributed by atoms with Gasteiger partial charge in [-0.25, -0.2) is 4.79 Å². The second kappa shape index (κ2) is 4.45. The summed E-state index contributed by atoms with van der Waals surface area (Å²) in [5, 5.41) is 9.76. The maximum atomic E-state index is 11.3. The molecule has 0 bridgehead atoms. The fraction of sp³-hybridized carbons (Fsp3) is 0.417. The Kier molecular flexibility index (Phi) is 3.19. The van der Waals surface area contributed by atoms with Crippen LogP contribution in [0.3, 0.4) is 0 Å². The number of carbonyl (C=O) groups is 1. The Morgan fingerprint density at radius 3 is 2.69 bits per heavy atom. The first-order chi connectivity index (χ1) is 7.63. The van der Waals surface area contributed by atoms with Crippen LogP contribution in [0.25, 0.3) is 0 Å². The van der Waals surface area contributed by atoms with Crippen molar-refractivity contribution in [1.82, 2.24) is 0 Å². The highest BCUT2D eigenvalue weighted by molar-refractivity contribution is 9.10. The molecule has 86 valence electrons. The van der Waals surface area contributed by atoms with E-state index in [2.05, 4.69) is 20.7 Å². The summed E-state index contributed by atoms with van der Waals surface area (Å²) in [4.78, 5) is 11.3. The van der Waals surface area contributed by atoms with Gasteiger partial charge in [0, 0.05) is 4.47 Å². The molecule has 1 aliphatic rings. The summed E-state index contributed by atoms with van der Waals surface area (Å²) in [5.41, 5.74) is 1.29. The minimum atomic E-state index is -0.515. The quantitative estimate of drug-likeness (QED) is 0.849. The van der Waals surface area contributed by atoms with Crippen LogP contribution in [-0.4, -0.2) is 18.2 Å². The summed E-state index contributed by atoms with van der Waals surface area (Å²) < 4.78 is 5.46. The van der Waals surface area contributed by atoms with E-state index in [1.807, 2.05) is 0 Å². The molecule has 1 fully saturated rings. The van der Waals surface area contributed by atoms with Crippen molar-refractivity contribution in [3.05, 3.63) is 27.7 Å². The van der Waals surface area contributed by atoms with Crippen LogP contribution in [0, 0.1) is 0 Å². The molecule has 3 nitrogen and oxygen atoms in total. The third-order valence-corrected chi connectivity index (χ3v) is 3.75. The third kappa shape index (κ3) is 1.94. The van der Waals surface area contributed by atoms with Gasteiger partial charge in [0.1, 0.15) is 11.3 Å². The van der Waals surface area contributed by atoms with Gasteiger partial charge in [-0.2, -0.15) is 0 Å². The number of phenols is 1. The largest absolute Gasteiger partial charge is 0.507 e. The van der Waals surface area contributed by atoms with Crippen molar-refractivity contribution in [2.24, 2.45) is 0 Å². The summed E-state index contributed by atoms with van der Waals surface area (Å²) in [6, 6.07) is 3.30. The summed E-state index contributed by atoms with van der Waals surface area (Å²) in [6.45, 7) is 0. The molecule has 0 unspecified atom stereocenters. The Labute approximate surface area is 103 Å². The topological polar surface area (TPSA) is 46.5 Å². The molecule has 0 radical (unpaired) electrons. The van der Waals surface area contributed by atoms with Crippen LogP contribution >= 0.6 is 15.9 Å². The zero-order chi connectivity index (χ0) is 11.7. The molecule has 0 heterocycles. The van der Waals surface area contributed by atoms with Gasteiger partial charge in [0.2, 0.25) is 0 Å². The van der Waals surface area contributed by atoms with Crippen LogP contribution < -0.4 is 0 Å². The molecule has 2 rings (SSSR count). The third-order valence-electron chi connectivity index (χ3n) is 3.07. The highest BCUT2D eigenvalue weighted by Crippen LogP contribution is 2.42. The van der Waals surface area contributed by atoms with Gasteiger partial charge in [0.05, 0.1) is 7.11 Å². The summed E-state index contributed by atoms with van der Waals surface area (Å²) >= 11 is 3.44. The molecule has 1 aliphatic carbocycles. The van der Waals surface area contributed by atoms with Crippen molar-refractivity contribution < 1.29 is 14.6 Å². The molecule has 0 atom stereocenters. The number of hydrogen-bond donors (Lipinski definition) is 1. The molecule has 0 aliphatic heterocycles. The zero-order valence-corrected chi connectivity index (χ0v) is 10.6. The van der Waals surface area contributed by atoms with Crippen LogP contribution in [0.2, 0.25) is 0 Å². The van der Waals surface area contributed by atoms with E-state index >= 15 is 0 Å². The summed E-state index contributed by atoms with van der Waals surface area (Å²) in [7, 11) is 1.30. The number of aromatic hydroxyl groups is 1. The highest BCUT2D eigenvalue weighted by atomic mass is 79.9. The highest BCUT2D eigenvalue weighted by Gasteiger charge is 2.24. The number of carbonyl (C=O) groups excluding carboxylic acids is 1. The second-order valence-corrected chi connectivity index (χ2v) is 4.86. The van der Waals surface area contributed by atoms with Crippen molar-refractivity contribution in [3.63, 3.8) is 0 Å². The van der Waals surface area contributed by atoms with Gasteiger partial charge < -0.3 is 9.84 Å². The molecular formula is C12H13BrO3. The standard InChI is InChI=1S/C12H13BrO3/c1-16-12(15)9-5-10(13)8(6-11(9)14)7-3-2-4-7/h5-7,14H,2-4H2,1H3. The van der Waals surface area contributed by atoms with Crippen LogP contribution in [0.4, 0.5) is 0 Å². The van der Waals surface area contributed by atoms with Crippen molar-refractivity contribution in [3.8, 4) is 5.75 Å². The Morgan fingerprint density at radius 1 is 1.50 bits per heavy atom. The van der Waals surface area contributed by atoms with Gasteiger partial charge in [0.15, 0.2) is 0 Å². The van der Waals surface area contributed by atoms with Crippen LogP contribution in [0.1, 0.15) is 41.1 Å². The first kappa shape index (κ1) is 11.5. The number of hydrogen-bond acceptors (Lipinski definition) is 3. The number of halogens is 1. The van der Waals surface area contributed by atoms with Crippen molar-refractivity contribution in [1.29, 1.82) is 0 Å². The lowest BCUT2D eigenvalue weighted by molar-refractivity contribution is 0.0597. The number of ether oxygens (including phenoxy) is 1. The molecule has 1 aromatic carbocycles. The minimum Gasteiger partial charge on any atom is -0.507 e. The first-order valence-corrected chi connectivity index (χ1v) is 6.03. The second-order valence-electron chi connectivity index (χ2n) is 4.01. The predicted molar refractivity (Wildman–Crippen MR) is 63.7 cm³/mol. The molecule has 0 amide bonds. The molecule has 0 saturated heterocycles.